The molecular weight excluding hydrogens is 208 g/mol. The van der Waals surface area contributed by atoms with Crippen LogP contribution in [0.4, 0.5) is 0 Å². The normalized spacial score (nSPS) is 13.3. The van der Waals surface area contributed by atoms with Gasteiger partial charge in [-0.25, -0.2) is 0 Å². The molecule has 1 N–H and O–H groups in total. The summed E-state index contributed by atoms with van der Waals surface area (Å²) in [5.41, 5.74) is 5.00. The summed E-state index contributed by atoms with van der Waals surface area (Å²) in [5.74, 6) is 0. The van der Waals surface area contributed by atoms with E-state index in [2.05, 4.69) is 63.6 Å². The van der Waals surface area contributed by atoms with E-state index in [0.717, 1.165) is 11.0 Å². The lowest BCUT2D eigenvalue weighted by atomic mass is 9.88. The summed E-state index contributed by atoms with van der Waals surface area (Å²) < 4.78 is 0. The van der Waals surface area contributed by atoms with Gasteiger partial charge in [-0.05, 0) is 23.1 Å². The Balaban J connectivity index is 2.56. The largest absolute Gasteiger partial charge is 0.357 e. The van der Waals surface area contributed by atoms with Crippen molar-refractivity contribution in [2.45, 2.75) is 52.4 Å². The Morgan fingerprint density at radius 2 is 1.59 bits per heavy atom. The summed E-state index contributed by atoms with van der Waals surface area (Å²) in [6.07, 6.45) is 1.99. The van der Waals surface area contributed by atoms with Crippen LogP contribution >= 0.6 is 0 Å². The van der Waals surface area contributed by atoms with Crippen molar-refractivity contribution in [2.24, 2.45) is 0 Å². The zero-order chi connectivity index (χ0) is 12.8. The number of aromatic amines is 1. The first-order chi connectivity index (χ1) is 7.68. The van der Waals surface area contributed by atoms with E-state index in [9.17, 15) is 0 Å². The maximum Gasteiger partial charge on any atom is 0.0882 e. The standard InChI is InChI=1S/C15H22N2/c1-14(2,3)10-7-12-11(16-9-10)8-13(17-12)15(4,5)6/h7-9,17H,1-6H3. The lowest BCUT2D eigenvalue weighted by Gasteiger charge is -2.18. The van der Waals surface area contributed by atoms with E-state index in [-0.39, 0.29) is 10.8 Å². The van der Waals surface area contributed by atoms with Gasteiger partial charge in [0, 0.05) is 17.3 Å². The molecule has 0 radical (unpaired) electrons. The third-order valence-corrected chi connectivity index (χ3v) is 3.14. The monoisotopic (exact) mass is 230 g/mol. The van der Waals surface area contributed by atoms with E-state index < -0.39 is 0 Å². The highest BCUT2D eigenvalue weighted by Crippen LogP contribution is 2.28. The van der Waals surface area contributed by atoms with Gasteiger partial charge in [0.25, 0.3) is 0 Å². The van der Waals surface area contributed by atoms with E-state index in [1.165, 1.54) is 11.3 Å². The molecule has 0 fully saturated rings. The van der Waals surface area contributed by atoms with Crippen molar-refractivity contribution in [2.75, 3.05) is 0 Å². The van der Waals surface area contributed by atoms with Crippen molar-refractivity contribution in [1.82, 2.24) is 9.97 Å². The third kappa shape index (κ3) is 2.36. The maximum atomic E-state index is 4.55. The Kier molecular flexibility index (Phi) is 2.57. The summed E-state index contributed by atoms with van der Waals surface area (Å²) in [7, 11) is 0. The average molecular weight is 230 g/mol. The van der Waals surface area contributed by atoms with E-state index in [1.54, 1.807) is 0 Å². The Bertz CT molecular complexity index is 524. The van der Waals surface area contributed by atoms with Crippen LogP contribution in [0.1, 0.15) is 52.8 Å². The molecule has 0 unspecified atom stereocenters. The van der Waals surface area contributed by atoms with Gasteiger partial charge in [-0.1, -0.05) is 41.5 Å². The second kappa shape index (κ2) is 3.59. The van der Waals surface area contributed by atoms with Crippen LogP contribution in [0.25, 0.3) is 11.0 Å². The van der Waals surface area contributed by atoms with Gasteiger partial charge >= 0.3 is 0 Å². The Morgan fingerprint density at radius 1 is 0.941 bits per heavy atom. The number of hydrogen-bond donors (Lipinski definition) is 1. The molecule has 0 saturated heterocycles. The second-order valence-corrected chi connectivity index (χ2v) is 6.84. The van der Waals surface area contributed by atoms with Crippen LogP contribution in [-0.2, 0) is 10.8 Å². The first-order valence-electron chi connectivity index (χ1n) is 6.18. The summed E-state index contributed by atoms with van der Waals surface area (Å²) >= 11 is 0. The van der Waals surface area contributed by atoms with E-state index in [0.29, 0.717) is 0 Å². The lowest BCUT2D eigenvalue weighted by Crippen LogP contribution is -2.11. The van der Waals surface area contributed by atoms with Gasteiger partial charge < -0.3 is 4.98 Å². The molecule has 2 aromatic heterocycles. The smallest absolute Gasteiger partial charge is 0.0882 e. The van der Waals surface area contributed by atoms with Crippen LogP contribution < -0.4 is 0 Å². The molecular formula is C15H22N2. The number of pyridine rings is 1. The summed E-state index contributed by atoms with van der Waals surface area (Å²) in [5, 5.41) is 0. The van der Waals surface area contributed by atoms with Gasteiger partial charge in [0.1, 0.15) is 0 Å². The van der Waals surface area contributed by atoms with Gasteiger partial charge in [0.15, 0.2) is 0 Å². The number of fused-ring (bicyclic) bond motifs is 1. The molecule has 0 aromatic carbocycles. The highest BCUT2D eigenvalue weighted by Gasteiger charge is 2.19. The van der Waals surface area contributed by atoms with Crippen LogP contribution in [0.2, 0.25) is 0 Å². The fraction of sp³-hybridized carbons (Fsp3) is 0.533. The van der Waals surface area contributed by atoms with Crippen LogP contribution in [0.5, 0.6) is 0 Å². The number of hydrogen-bond acceptors (Lipinski definition) is 1. The van der Waals surface area contributed by atoms with E-state index >= 15 is 0 Å². The van der Waals surface area contributed by atoms with Crippen LogP contribution in [-0.4, -0.2) is 9.97 Å². The van der Waals surface area contributed by atoms with E-state index in [1.807, 2.05) is 6.20 Å². The van der Waals surface area contributed by atoms with Crippen LogP contribution in [0, 0.1) is 0 Å². The zero-order valence-electron chi connectivity index (χ0n) is 11.7. The first kappa shape index (κ1) is 12.2. The predicted molar refractivity (Wildman–Crippen MR) is 73.5 cm³/mol. The molecule has 0 atom stereocenters. The molecule has 0 aliphatic heterocycles. The summed E-state index contributed by atoms with van der Waals surface area (Å²) in [6.45, 7) is 13.3. The SMILES string of the molecule is CC(C)(C)c1cnc2cc(C(C)(C)C)[nH]c2c1. The second-order valence-electron chi connectivity index (χ2n) is 6.84. The molecule has 0 aliphatic rings. The lowest BCUT2D eigenvalue weighted by molar-refractivity contribution is 0.574. The number of rotatable bonds is 0. The Hall–Kier alpha value is -1.31. The minimum Gasteiger partial charge on any atom is -0.357 e. The zero-order valence-corrected chi connectivity index (χ0v) is 11.7. The van der Waals surface area contributed by atoms with Crippen LogP contribution in [0.15, 0.2) is 18.3 Å². The van der Waals surface area contributed by atoms with Gasteiger partial charge in [0.05, 0.1) is 11.0 Å². The highest BCUT2D eigenvalue weighted by atomic mass is 14.8. The molecule has 2 heteroatoms. The topological polar surface area (TPSA) is 28.7 Å². The first-order valence-corrected chi connectivity index (χ1v) is 6.18. The van der Waals surface area contributed by atoms with E-state index in [4.69, 9.17) is 0 Å². The molecule has 92 valence electrons. The predicted octanol–water partition coefficient (Wildman–Crippen LogP) is 4.16. The summed E-state index contributed by atoms with van der Waals surface area (Å²) in [6, 6.07) is 4.37. The Morgan fingerprint density at radius 3 is 2.12 bits per heavy atom. The van der Waals surface area contributed by atoms with Gasteiger partial charge in [0.2, 0.25) is 0 Å². The number of aromatic nitrogens is 2. The number of nitrogens with one attached hydrogen (secondary N) is 1. The minimum absolute atomic E-state index is 0.141. The molecule has 2 heterocycles. The molecule has 17 heavy (non-hydrogen) atoms. The molecule has 0 saturated carbocycles. The quantitative estimate of drug-likeness (QED) is 0.723. The fourth-order valence-electron chi connectivity index (χ4n) is 1.82. The van der Waals surface area contributed by atoms with Gasteiger partial charge in [-0.2, -0.15) is 0 Å². The van der Waals surface area contributed by atoms with Crippen molar-refractivity contribution < 1.29 is 0 Å². The van der Waals surface area contributed by atoms with Gasteiger partial charge in [-0.15, -0.1) is 0 Å². The van der Waals surface area contributed by atoms with Crippen molar-refractivity contribution in [3.05, 3.63) is 29.6 Å². The third-order valence-electron chi connectivity index (χ3n) is 3.14. The van der Waals surface area contributed by atoms with Gasteiger partial charge in [-0.3, -0.25) is 4.98 Å². The van der Waals surface area contributed by atoms with Crippen LogP contribution in [0.3, 0.4) is 0 Å². The molecule has 0 spiro atoms. The summed E-state index contributed by atoms with van der Waals surface area (Å²) in [4.78, 5) is 8.04. The van der Waals surface area contributed by atoms with Crippen molar-refractivity contribution >= 4 is 11.0 Å². The number of nitrogens with zero attached hydrogens (tertiary/aromatic N) is 1. The molecule has 0 aliphatic carbocycles. The average Bonchev–Trinajstić information content (AvgIpc) is 2.57. The molecule has 0 bridgehead atoms. The maximum absolute atomic E-state index is 4.55. The van der Waals surface area contributed by atoms with Crippen molar-refractivity contribution in [1.29, 1.82) is 0 Å². The highest BCUT2D eigenvalue weighted by molar-refractivity contribution is 5.77. The van der Waals surface area contributed by atoms with Crippen molar-refractivity contribution in [3.63, 3.8) is 0 Å². The minimum atomic E-state index is 0.141. The van der Waals surface area contributed by atoms with Crippen molar-refractivity contribution in [3.8, 4) is 0 Å². The fourth-order valence-corrected chi connectivity index (χ4v) is 1.82. The Labute approximate surface area is 103 Å². The molecule has 2 aromatic rings. The number of H-pyrrole nitrogens is 1. The molecule has 0 amide bonds. The molecule has 2 rings (SSSR count). The molecule has 2 nitrogen and oxygen atoms in total.